The molecule has 0 amide bonds. The number of nitrogens with zero attached hydrogens (tertiary/aromatic N) is 3. The van der Waals surface area contributed by atoms with E-state index in [0.29, 0.717) is 27.1 Å². The summed E-state index contributed by atoms with van der Waals surface area (Å²) in [5.41, 5.74) is 2.02. The fourth-order valence-corrected chi connectivity index (χ4v) is 40.5. The molecule has 20 fully saturated rings. The molecule has 3 nitrogen and oxygen atoms in total. The van der Waals surface area contributed by atoms with Gasteiger partial charge in [-0.25, -0.2) is 0 Å². The quantitative estimate of drug-likeness (QED) is 0.213. The smallest absolute Gasteiger partial charge is 0.156 e. The minimum absolute atomic E-state index is 0.378. The van der Waals surface area contributed by atoms with Gasteiger partial charge in [-0.2, -0.15) is 0 Å². The Morgan fingerprint density at radius 3 is 0.966 bits per heavy atom. The van der Waals surface area contributed by atoms with Crippen molar-refractivity contribution in [1.82, 2.24) is 14.7 Å². The molecule has 29 unspecified atom stereocenters. The summed E-state index contributed by atoms with van der Waals surface area (Å²) in [5.74, 6) is 29.0. The van der Waals surface area contributed by atoms with Crippen LogP contribution in [-0.4, -0.2) is 75.8 Å². The van der Waals surface area contributed by atoms with Gasteiger partial charge in [-0.1, -0.05) is 290 Å². The van der Waals surface area contributed by atoms with Gasteiger partial charge in [0.05, 0.1) is 0 Å². The fraction of sp³-hybridized carbons (Fsp3) is 1.00. The first-order valence-electron chi connectivity index (χ1n) is 55.0. The molecule has 0 bridgehead atoms. The fourth-order valence-electron chi connectivity index (χ4n) is 40.5. The zero-order chi connectivity index (χ0) is 79.8. The van der Waals surface area contributed by atoms with Crippen molar-refractivity contribution in [3.05, 3.63) is 0 Å². The van der Waals surface area contributed by atoms with E-state index in [4.69, 9.17) is 0 Å². The number of hydrogen-bond acceptors (Lipinski definition) is 3. The molecule has 17 saturated carbocycles. The number of likely N-dealkylation sites (tertiary alicyclic amines) is 1. The molecule has 3 saturated heterocycles. The lowest BCUT2D eigenvalue weighted by molar-refractivity contribution is -0.157. The highest BCUT2D eigenvalue weighted by Gasteiger charge is 2.71. The Morgan fingerprint density at radius 2 is 0.534 bits per heavy atom. The molecule has 0 aromatic heterocycles. The van der Waals surface area contributed by atoms with Crippen molar-refractivity contribution < 1.29 is 0 Å². The standard InChI is InChI=1S/C112H190BN3/c1-108(2,3)79-48-45-69(46-49-79)78-60-101-105-102(61-78)116(107-90(72-35-24-18-25-36-72)66-83(112(13,14)15)67-91(107)73-37-26-19-27-38-73)100-68-84(114-97-55-50-80(109(4,5)6)62-92(97)93-63-81(110(7,8)9)51-56-98(93)114)52-54-96(100)113(105)95-53-47-75(77-57-76-41-30-43-86-85-42-28-39-74-40-29-44-87(103(74)85)94(58-77)104(76)86)59-99(95)115(101)106-88(70-31-20-16-21-32-70)64-82(111(10,11)12)65-89(106)71-33-22-17-23-34-71/h69-107H,16-68H2,1-15H3. The van der Waals surface area contributed by atoms with Crippen molar-refractivity contribution in [3.63, 3.8) is 0 Å². The second kappa shape index (κ2) is 33.2. The first-order valence-corrected chi connectivity index (χ1v) is 55.0. The Morgan fingerprint density at radius 1 is 0.190 bits per heavy atom. The van der Waals surface area contributed by atoms with Gasteiger partial charge in [0.1, 0.15) is 0 Å². The third-order valence-corrected chi connectivity index (χ3v) is 45.8. The van der Waals surface area contributed by atoms with Crippen molar-refractivity contribution in [1.29, 1.82) is 0 Å². The van der Waals surface area contributed by atoms with Crippen molar-refractivity contribution in [2.75, 3.05) is 0 Å². The molecule has 116 heavy (non-hydrogen) atoms. The molecule has 20 rings (SSSR count). The number of fused-ring (bicyclic) bond motifs is 9. The van der Waals surface area contributed by atoms with Gasteiger partial charge in [-0.3, -0.25) is 14.7 Å². The zero-order valence-electron chi connectivity index (χ0n) is 79.4. The molecule has 656 valence electrons. The van der Waals surface area contributed by atoms with E-state index in [9.17, 15) is 0 Å². The van der Waals surface area contributed by atoms with Gasteiger partial charge >= 0.3 is 0 Å². The highest BCUT2D eigenvalue weighted by Crippen LogP contribution is 2.72. The Bertz CT molecular complexity index is 3130. The SMILES string of the molecule is CC(C)(C)C1CCC(C2CC3C4B(C5CCC(C6CC7CCCC8C9CCCC%10CCCC(C(C6)C78)C%109)CC5N3C3C(C5CCCCC5)CC(C(C)(C)C)CC3C3CCCCC3)C3CCC(N5C6CCC(C(C)(C)C)CC6C6CC(C(C)(C)C)CCC65)CC3N(C3C(C5CCCCC5)CC(C(C)(C)C)CC3C3CCCCC3)C4C2)CC1. The summed E-state index contributed by atoms with van der Waals surface area (Å²) in [7, 11) is 0. The van der Waals surface area contributed by atoms with Crippen LogP contribution in [0.5, 0.6) is 0 Å². The van der Waals surface area contributed by atoms with Gasteiger partial charge in [0, 0.05) is 54.4 Å². The summed E-state index contributed by atoms with van der Waals surface area (Å²) < 4.78 is 0. The van der Waals surface area contributed by atoms with E-state index >= 15 is 0 Å². The van der Waals surface area contributed by atoms with E-state index in [0.717, 1.165) is 238 Å². The molecule has 17 aliphatic carbocycles. The van der Waals surface area contributed by atoms with E-state index in [1.807, 2.05) is 0 Å². The summed E-state index contributed by atoms with van der Waals surface area (Å²) in [6, 6.07) is 7.33. The zero-order valence-corrected chi connectivity index (χ0v) is 79.4. The molecule has 3 aliphatic heterocycles. The van der Waals surface area contributed by atoms with Gasteiger partial charge in [-0.05, 0) is 358 Å². The van der Waals surface area contributed by atoms with Crippen LogP contribution in [0.3, 0.4) is 0 Å². The molecular weight excluding hydrogens is 1400 g/mol. The largest absolute Gasteiger partial charge is 0.295 e. The maximum absolute atomic E-state index is 4.07. The van der Waals surface area contributed by atoms with E-state index in [-0.39, 0.29) is 0 Å². The van der Waals surface area contributed by atoms with Crippen LogP contribution in [0.4, 0.5) is 0 Å². The van der Waals surface area contributed by atoms with Crippen LogP contribution in [0.25, 0.3) is 0 Å². The van der Waals surface area contributed by atoms with Gasteiger partial charge in [0.25, 0.3) is 0 Å². The van der Waals surface area contributed by atoms with E-state index in [1.165, 1.54) is 128 Å². The lowest BCUT2D eigenvalue weighted by Crippen LogP contribution is -2.77. The van der Waals surface area contributed by atoms with Crippen LogP contribution in [0.2, 0.25) is 17.5 Å². The monoisotopic (exact) mass is 1590 g/mol. The van der Waals surface area contributed by atoms with Crippen LogP contribution >= 0.6 is 0 Å². The Labute approximate surface area is 719 Å². The average Bonchev–Trinajstić information content (AvgIpc) is 0.893. The first-order chi connectivity index (χ1) is 55.7. The third-order valence-electron chi connectivity index (χ3n) is 45.8. The lowest BCUT2D eigenvalue weighted by Gasteiger charge is -2.73. The summed E-state index contributed by atoms with van der Waals surface area (Å²) in [6.07, 6.45) is 83.3. The van der Waals surface area contributed by atoms with Crippen LogP contribution in [0.15, 0.2) is 0 Å². The normalized spacial score (nSPS) is 49.6. The Hall–Kier alpha value is -0.0551. The minimum atomic E-state index is 0.378. The molecule has 0 radical (unpaired) electrons. The molecule has 0 N–H and O–H groups in total. The molecule has 0 aromatic rings. The first kappa shape index (κ1) is 84.1. The molecule has 0 spiro atoms. The molecular formula is C112H190BN3. The maximum Gasteiger partial charge on any atom is 0.156 e. The topological polar surface area (TPSA) is 9.72 Å². The van der Waals surface area contributed by atoms with Gasteiger partial charge in [-0.15, -0.1) is 0 Å². The molecule has 3 heterocycles. The van der Waals surface area contributed by atoms with Gasteiger partial charge in [0.15, 0.2) is 6.71 Å². The van der Waals surface area contributed by atoms with Crippen molar-refractivity contribution >= 4 is 6.71 Å². The second-order valence-electron chi connectivity index (χ2n) is 55.2. The summed E-state index contributed by atoms with van der Waals surface area (Å²) in [6.45, 7) is 41.7. The Kier molecular flexibility index (Phi) is 24.1. The van der Waals surface area contributed by atoms with Crippen LogP contribution < -0.4 is 0 Å². The van der Waals surface area contributed by atoms with Gasteiger partial charge in [0.2, 0.25) is 0 Å². The molecule has 20 aliphatic rings. The number of hydrogen-bond donors (Lipinski definition) is 0. The van der Waals surface area contributed by atoms with Crippen molar-refractivity contribution in [3.8, 4) is 0 Å². The highest BCUT2D eigenvalue weighted by molar-refractivity contribution is 6.65. The van der Waals surface area contributed by atoms with Crippen LogP contribution in [0, 0.1) is 187 Å². The number of rotatable bonds is 9. The van der Waals surface area contributed by atoms with Crippen LogP contribution in [0.1, 0.15) is 444 Å². The molecule has 29 atom stereocenters. The lowest BCUT2D eigenvalue weighted by atomic mass is 9.18. The van der Waals surface area contributed by atoms with Crippen LogP contribution in [-0.2, 0) is 0 Å². The predicted molar refractivity (Wildman–Crippen MR) is 493 cm³/mol. The van der Waals surface area contributed by atoms with Gasteiger partial charge < -0.3 is 0 Å². The molecule has 4 heteroatoms. The highest BCUT2D eigenvalue weighted by atomic mass is 15.3. The average molecular weight is 1590 g/mol. The Balaban J connectivity index is 0.769. The minimum Gasteiger partial charge on any atom is -0.295 e. The summed E-state index contributed by atoms with van der Waals surface area (Å²) in [4.78, 5) is 11.8. The summed E-state index contributed by atoms with van der Waals surface area (Å²) in [5, 5.41) is 0. The van der Waals surface area contributed by atoms with E-state index in [1.54, 1.807) is 212 Å². The third kappa shape index (κ3) is 15.5. The van der Waals surface area contributed by atoms with Crippen molar-refractivity contribution in [2.24, 2.45) is 187 Å². The predicted octanol–water partition coefficient (Wildman–Crippen LogP) is 30.6. The molecule has 0 aromatic carbocycles. The maximum atomic E-state index is 4.07. The van der Waals surface area contributed by atoms with E-state index in [2.05, 4.69) is 119 Å². The summed E-state index contributed by atoms with van der Waals surface area (Å²) >= 11 is 0. The van der Waals surface area contributed by atoms with E-state index < -0.39 is 0 Å². The second-order valence-corrected chi connectivity index (χ2v) is 55.2. The van der Waals surface area contributed by atoms with Crippen molar-refractivity contribution in [2.45, 2.75) is 516 Å².